The number of aromatic nitrogens is 1. The summed E-state index contributed by atoms with van der Waals surface area (Å²) < 4.78 is 1.04. The molecule has 5 nitrogen and oxygen atoms in total. The van der Waals surface area contributed by atoms with E-state index in [4.69, 9.17) is 10.9 Å². The van der Waals surface area contributed by atoms with Gasteiger partial charge in [-0.1, -0.05) is 39.3 Å². The molecular weight excluding hydrogens is 332 g/mol. The van der Waals surface area contributed by atoms with E-state index < -0.39 is 0 Å². The van der Waals surface area contributed by atoms with Crippen LogP contribution >= 0.6 is 15.9 Å². The van der Waals surface area contributed by atoms with Crippen LogP contribution in [0.4, 0.5) is 5.82 Å². The van der Waals surface area contributed by atoms with E-state index in [1.807, 2.05) is 49.2 Å². The van der Waals surface area contributed by atoms with Gasteiger partial charge in [-0.3, -0.25) is 0 Å². The van der Waals surface area contributed by atoms with Crippen molar-refractivity contribution in [2.45, 2.75) is 13.5 Å². The van der Waals surface area contributed by atoms with E-state index in [0.717, 1.165) is 15.6 Å². The number of benzene rings is 1. The molecule has 2 rings (SSSR count). The van der Waals surface area contributed by atoms with Gasteiger partial charge in [0.05, 0.1) is 5.56 Å². The molecule has 0 aliphatic rings. The number of hydrogen-bond donors (Lipinski definition) is 2. The van der Waals surface area contributed by atoms with Gasteiger partial charge in [-0.2, -0.15) is 0 Å². The second-order valence-electron chi connectivity index (χ2n) is 4.76. The SMILES string of the molecule is Cc1ccnc(N(C)Cc2ccccc2Br)c1/C(N)=N/O. The summed E-state index contributed by atoms with van der Waals surface area (Å²) in [6.45, 7) is 2.56. The summed E-state index contributed by atoms with van der Waals surface area (Å²) in [4.78, 5) is 6.35. The fourth-order valence-corrected chi connectivity index (χ4v) is 2.57. The number of rotatable bonds is 4. The highest BCUT2D eigenvalue weighted by atomic mass is 79.9. The Hall–Kier alpha value is -2.08. The van der Waals surface area contributed by atoms with Crippen LogP contribution in [0, 0.1) is 6.92 Å². The van der Waals surface area contributed by atoms with Gasteiger partial charge in [-0.05, 0) is 30.2 Å². The number of hydrogen-bond acceptors (Lipinski definition) is 4. The fourth-order valence-electron chi connectivity index (χ4n) is 2.16. The molecule has 21 heavy (non-hydrogen) atoms. The van der Waals surface area contributed by atoms with Crippen molar-refractivity contribution in [1.82, 2.24) is 4.98 Å². The number of oxime groups is 1. The molecule has 0 saturated heterocycles. The lowest BCUT2D eigenvalue weighted by Crippen LogP contribution is -2.25. The molecule has 2 aromatic rings. The highest BCUT2D eigenvalue weighted by molar-refractivity contribution is 9.10. The maximum atomic E-state index is 8.96. The van der Waals surface area contributed by atoms with Gasteiger partial charge in [0.15, 0.2) is 5.84 Å². The van der Waals surface area contributed by atoms with Crippen molar-refractivity contribution in [3.8, 4) is 0 Å². The number of pyridine rings is 1. The number of halogens is 1. The highest BCUT2D eigenvalue weighted by Gasteiger charge is 2.16. The zero-order valence-electron chi connectivity index (χ0n) is 11.9. The number of aryl methyl sites for hydroxylation is 1. The molecule has 3 N–H and O–H groups in total. The minimum Gasteiger partial charge on any atom is -0.409 e. The van der Waals surface area contributed by atoms with E-state index in [-0.39, 0.29) is 5.84 Å². The van der Waals surface area contributed by atoms with Crippen LogP contribution < -0.4 is 10.6 Å². The average Bonchev–Trinajstić information content (AvgIpc) is 2.48. The molecule has 0 bridgehead atoms. The molecule has 1 heterocycles. The van der Waals surface area contributed by atoms with Crippen molar-refractivity contribution >= 4 is 27.6 Å². The van der Waals surface area contributed by atoms with Crippen molar-refractivity contribution in [2.75, 3.05) is 11.9 Å². The quantitative estimate of drug-likeness (QED) is 0.385. The van der Waals surface area contributed by atoms with Gasteiger partial charge in [0.1, 0.15) is 5.82 Å². The Labute approximate surface area is 132 Å². The Balaban J connectivity index is 2.38. The third-order valence-electron chi connectivity index (χ3n) is 3.23. The smallest absolute Gasteiger partial charge is 0.174 e. The third kappa shape index (κ3) is 3.33. The van der Waals surface area contributed by atoms with Gasteiger partial charge >= 0.3 is 0 Å². The molecule has 0 spiro atoms. The lowest BCUT2D eigenvalue weighted by molar-refractivity contribution is 0.318. The van der Waals surface area contributed by atoms with Crippen LogP contribution in [0.15, 0.2) is 46.2 Å². The highest BCUT2D eigenvalue weighted by Crippen LogP contribution is 2.24. The summed E-state index contributed by atoms with van der Waals surface area (Å²) in [5.74, 6) is 0.746. The van der Waals surface area contributed by atoms with Crippen molar-refractivity contribution in [1.29, 1.82) is 0 Å². The predicted octanol–water partition coefficient (Wildman–Crippen LogP) is 2.88. The third-order valence-corrected chi connectivity index (χ3v) is 4.00. The number of nitrogens with two attached hydrogens (primary N) is 1. The molecule has 0 fully saturated rings. The van der Waals surface area contributed by atoms with Crippen LogP contribution in [0.1, 0.15) is 16.7 Å². The second kappa shape index (κ2) is 6.58. The maximum absolute atomic E-state index is 8.96. The van der Waals surface area contributed by atoms with E-state index in [0.29, 0.717) is 17.9 Å². The van der Waals surface area contributed by atoms with Gasteiger partial charge in [0.25, 0.3) is 0 Å². The molecule has 0 radical (unpaired) electrons. The van der Waals surface area contributed by atoms with E-state index in [9.17, 15) is 0 Å². The van der Waals surface area contributed by atoms with E-state index >= 15 is 0 Å². The first-order valence-corrected chi connectivity index (χ1v) is 7.22. The van der Waals surface area contributed by atoms with Gasteiger partial charge in [-0.15, -0.1) is 0 Å². The molecule has 0 atom stereocenters. The number of nitrogens with zero attached hydrogens (tertiary/aromatic N) is 3. The zero-order valence-corrected chi connectivity index (χ0v) is 13.5. The first-order valence-electron chi connectivity index (χ1n) is 6.42. The van der Waals surface area contributed by atoms with E-state index in [1.165, 1.54) is 0 Å². The van der Waals surface area contributed by atoms with Crippen LogP contribution in [0.25, 0.3) is 0 Å². The summed E-state index contributed by atoms with van der Waals surface area (Å²) in [6.07, 6.45) is 1.72. The molecule has 0 unspecified atom stereocenters. The van der Waals surface area contributed by atoms with Gasteiger partial charge < -0.3 is 15.8 Å². The van der Waals surface area contributed by atoms with Crippen LogP contribution in [0.2, 0.25) is 0 Å². The minimum absolute atomic E-state index is 0.0644. The Kier molecular flexibility index (Phi) is 4.80. The minimum atomic E-state index is 0.0644. The second-order valence-corrected chi connectivity index (χ2v) is 5.61. The largest absolute Gasteiger partial charge is 0.409 e. The molecule has 1 aromatic heterocycles. The zero-order chi connectivity index (χ0) is 15.4. The molecule has 6 heteroatoms. The molecule has 0 aliphatic carbocycles. The topological polar surface area (TPSA) is 74.7 Å². The van der Waals surface area contributed by atoms with Crippen LogP contribution in [0.5, 0.6) is 0 Å². The maximum Gasteiger partial charge on any atom is 0.174 e. The van der Waals surface area contributed by atoms with Crippen LogP contribution in [0.3, 0.4) is 0 Å². The Bertz CT molecular complexity index is 672. The Morgan fingerprint density at radius 1 is 1.38 bits per heavy atom. The average molecular weight is 349 g/mol. The summed E-state index contributed by atoms with van der Waals surface area (Å²) in [5.41, 5.74) is 8.47. The first-order chi connectivity index (χ1) is 10.0. The molecule has 0 saturated carbocycles. The van der Waals surface area contributed by atoms with Gasteiger partial charge in [0, 0.05) is 24.3 Å². The molecule has 1 aromatic carbocycles. The fraction of sp³-hybridized carbons (Fsp3) is 0.200. The standard InChI is InChI=1S/C15H17BrN4O/c1-10-7-8-18-15(13(10)14(17)19-21)20(2)9-11-5-3-4-6-12(11)16/h3-8,21H,9H2,1-2H3,(H2,17,19). The summed E-state index contributed by atoms with van der Waals surface area (Å²) >= 11 is 3.54. The summed E-state index contributed by atoms with van der Waals surface area (Å²) in [6, 6.07) is 9.84. The first kappa shape index (κ1) is 15.3. The Morgan fingerprint density at radius 2 is 2.10 bits per heavy atom. The van der Waals surface area contributed by atoms with Crippen molar-refractivity contribution in [3.05, 3.63) is 57.7 Å². The van der Waals surface area contributed by atoms with Gasteiger partial charge in [0.2, 0.25) is 0 Å². The van der Waals surface area contributed by atoms with Crippen LogP contribution in [-0.2, 0) is 6.54 Å². The van der Waals surface area contributed by atoms with Crippen molar-refractivity contribution < 1.29 is 5.21 Å². The molecule has 110 valence electrons. The predicted molar refractivity (Wildman–Crippen MR) is 87.7 cm³/mol. The number of amidine groups is 1. The van der Waals surface area contributed by atoms with Crippen LogP contribution in [-0.4, -0.2) is 23.1 Å². The van der Waals surface area contributed by atoms with Gasteiger partial charge in [-0.25, -0.2) is 4.98 Å². The Morgan fingerprint density at radius 3 is 2.76 bits per heavy atom. The van der Waals surface area contributed by atoms with Crippen molar-refractivity contribution in [3.63, 3.8) is 0 Å². The number of anilines is 1. The molecule has 0 aliphatic heterocycles. The summed E-state index contributed by atoms with van der Waals surface area (Å²) in [7, 11) is 1.93. The molecular formula is C15H17BrN4O. The normalized spacial score (nSPS) is 11.5. The van der Waals surface area contributed by atoms with E-state index in [2.05, 4.69) is 26.1 Å². The summed E-state index contributed by atoms with van der Waals surface area (Å²) in [5, 5.41) is 12.1. The lowest BCUT2D eigenvalue weighted by atomic mass is 10.1. The van der Waals surface area contributed by atoms with Crippen molar-refractivity contribution in [2.24, 2.45) is 10.9 Å². The lowest BCUT2D eigenvalue weighted by Gasteiger charge is -2.22. The van der Waals surface area contributed by atoms with E-state index in [1.54, 1.807) is 6.20 Å². The molecule has 0 amide bonds. The monoisotopic (exact) mass is 348 g/mol.